The highest BCUT2D eigenvalue weighted by molar-refractivity contribution is 6.33. The minimum Gasteiger partial charge on any atom is -0.369 e. The molecule has 0 saturated carbocycles. The van der Waals surface area contributed by atoms with Crippen LogP contribution in [0, 0.1) is 6.92 Å². The van der Waals surface area contributed by atoms with Crippen molar-refractivity contribution in [3.05, 3.63) is 64.2 Å². The molecule has 0 radical (unpaired) electrons. The molecule has 2 aromatic carbocycles. The number of carbonyl (C=O) groups excluding carboxylic acids is 1. The van der Waals surface area contributed by atoms with Crippen molar-refractivity contribution in [3.63, 3.8) is 0 Å². The van der Waals surface area contributed by atoms with Gasteiger partial charge in [0, 0.05) is 19.2 Å². The van der Waals surface area contributed by atoms with Gasteiger partial charge in [-0.2, -0.15) is 0 Å². The molecule has 0 fully saturated rings. The molecule has 0 aliphatic carbocycles. The number of hydrogen-bond donors (Lipinski definition) is 0. The van der Waals surface area contributed by atoms with Crippen LogP contribution in [0.4, 0.5) is 5.69 Å². The van der Waals surface area contributed by atoms with E-state index >= 15 is 0 Å². The quantitative estimate of drug-likeness (QED) is 0.772. The van der Waals surface area contributed by atoms with Crippen molar-refractivity contribution in [2.24, 2.45) is 0 Å². The van der Waals surface area contributed by atoms with E-state index in [1.807, 2.05) is 19.2 Å². The number of nitrogens with zero attached hydrogens (tertiary/aromatic N) is 1. The zero-order valence-electron chi connectivity index (χ0n) is 12.0. The molecule has 2 rings (SSSR count). The third-order valence-corrected chi connectivity index (χ3v) is 3.61. The molecule has 0 N–H and O–H groups in total. The van der Waals surface area contributed by atoms with Gasteiger partial charge in [0.25, 0.3) is 0 Å². The maximum atomic E-state index is 11.3. The van der Waals surface area contributed by atoms with Gasteiger partial charge in [0.1, 0.15) is 0 Å². The lowest BCUT2D eigenvalue weighted by atomic mass is 10.1. The maximum absolute atomic E-state index is 11.3. The van der Waals surface area contributed by atoms with Gasteiger partial charge in [-0.1, -0.05) is 41.4 Å². The summed E-state index contributed by atoms with van der Waals surface area (Å²) in [7, 11) is 1.99. The predicted octanol–water partition coefficient (Wildman–Crippen LogP) is 4.49. The fraction of sp³-hybridized carbons (Fsp3) is 0.235. The molecule has 0 aliphatic heterocycles. The van der Waals surface area contributed by atoms with Crippen LogP contribution in [0.5, 0.6) is 0 Å². The van der Waals surface area contributed by atoms with E-state index in [1.165, 1.54) is 11.1 Å². The highest BCUT2D eigenvalue weighted by Gasteiger charge is 2.09. The molecule has 0 bridgehead atoms. The summed E-state index contributed by atoms with van der Waals surface area (Å²) < 4.78 is 0. The molecule has 20 heavy (non-hydrogen) atoms. The van der Waals surface area contributed by atoms with E-state index in [0.29, 0.717) is 10.6 Å². The van der Waals surface area contributed by atoms with Crippen LogP contribution >= 0.6 is 11.6 Å². The third-order valence-electron chi connectivity index (χ3n) is 3.31. The number of anilines is 1. The molecule has 0 aromatic heterocycles. The summed E-state index contributed by atoms with van der Waals surface area (Å²) in [4.78, 5) is 13.4. The van der Waals surface area contributed by atoms with E-state index in [4.69, 9.17) is 11.6 Å². The topological polar surface area (TPSA) is 20.3 Å². The number of halogens is 1. The van der Waals surface area contributed by atoms with Crippen LogP contribution < -0.4 is 4.90 Å². The second-order valence-corrected chi connectivity index (χ2v) is 5.47. The Morgan fingerprint density at radius 2 is 1.80 bits per heavy atom. The van der Waals surface area contributed by atoms with Crippen molar-refractivity contribution in [2.45, 2.75) is 20.4 Å². The second-order valence-electron chi connectivity index (χ2n) is 5.06. The van der Waals surface area contributed by atoms with E-state index in [2.05, 4.69) is 36.1 Å². The molecular weight excluding hydrogens is 270 g/mol. The number of ketones is 1. The molecule has 0 spiro atoms. The SMILES string of the molecule is CC(=O)c1ccc(N(C)Cc2ccc(C)cc2)c(Cl)c1. The molecular formula is C17H18ClNO. The lowest BCUT2D eigenvalue weighted by Gasteiger charge is -2.21. The van der Waals surface area contributed by atoms with Crippen LogP contribution in [0.1, 0.15) is 28.4 Å². The fourth-order valence-corrected chi connectivity index (χ4v) is 2.41. The Balaban J connectivity index is 2.18. The number of Topliss-reactive ketones (excluding diaryl/α,β-unsaturated/α-hetero) is 1. The van der Waals surface area contributed by atoms with Gasteiger partial charge in [0.2, 0.25) is 0 Å². The number of rotatable bonds is 4. The molecule has 2 aromatic rings. The maximum Gasteiger partial charge on any atom is 0.159 e. The van der Waals surface area contributed by atoms with Gasteiger partial charge in [-0.3, -0.25) is 4.79 Å². The van der Waals surface area contributed by atoms with E-state index < -0.39 is 0 Å². The summed E-state index contributed by atoms with van der Waals surface area (Å²) in [5.41, 5.74) is 4.05. The Labute approximate surface area is 125 Å². The summed E-state index contributed by atoms with van der Waals surface area (Å²) in [5.74, 6) is 0.0274. The summed E-state index contributed by atoms with van der Waals surface area (Å²) in [5, 5.41) is 0.604. The van der Waals surface area contributed by atoms with Crippen molar-refractivity contribution >= 4 is 23.1 Å². The van der Waals surface area contributed by atoms with Crippen LogP contribution in [0.15, 0.2) is 42.5 Å². The summed E-state index contributed by atoms with van der Waals surface area (Å²) >= 11 is 6.27. The highest BCUT2D eigenvalue weighted by atomic mass is 35.5. The van der Waals surface area contributed by atoms with Crippen LogP contribution in [-0.2, 0) is 6.54 Å². The number of hydrogen-bond acceptors (Lipinski definition) is 2. The average molecular weight is 288 g/mol. The molecule has 104 valence electrons. The summed E-state index contributed by atoms with van der Waals surface area (Å²) in [6, 6.07) is 13.9. The van der Waals surface area contributed by atoms with E-state index in [9.17, 15) is 4.79 Å². The third kappa shape index (κ3) is 3.40. The van der Waals surface area contributed by atoms with Gasteiger partial charge in [0.05, 0.1) is 10.7 Å². The number of carbonyl (C=O) groups is 1. The Morgan fingerprint density at radius 1 is 1.15 bits per heavy atom. The lowest BCUT2D eigenvalue weighted by Crippen LogP contribution is -2.16. The van der Waals surface area contributed by atoms with E-state index in [1.54, 1.807) is 13.0 Å². The Morgan fingerprint density at radius 3 is 2.35 bits per heavy atom. The average Bonchev–Trinajstić information content (AvgIpc) is 2.41. The fourth-order valence-electron chi connectivity index (χ4n) is 2.09. The molecule has 0 aliphatic rings. The predicted molar refractivity (Wildman–Crippen MR) is 84.7 cm³/mol. The Kier molecular flexibility index (Phi) is 4.46. The first-order valence-corrected chi connectivity index (χ1v) is 6.92. The molecule has 3 heteroatoms. The first-order valence-electron chi connectivity index (χ1n) is 6.54. The zero-order chi connectivity index (χ0) is 14.7. The molecule has 2 nitrogen and oxygen atoms in total. The molecule has 0 heterocycles. The summed E-state index contributed by atoms with van der Waals surface area (Å²) in [6.45, 7) is 4.39. The molecule has 0 amide bonds. The van der Waals surface area contributed by atoms with Crippen LogP contribution in [0.3, 0.4) is 0 Å². The van der Waals surface area contributed by atoms with Gasteiger partial charge in [-0.25, -0.2) is 0 Å². The van der Waals surface area contributed by atoms with Crippen LogP contribution in [-0.4, -0.2) is 12.8 Å². The monoisotopic (exact) mass is 287 g/mol. The van der Waals surface area contributed by atoms with Crippen LogP contribution in [0.25, 0.3) is 0 Å². The van der Waals surface area contributed by atoms with E-state index in [-0.39, 0.29) is 5.78 Å². The van der Waals surface area contributed by atoms with Gasteiger partial charge < -0.3 is 4.90 Å². The van der Waals surface area contributed by atoms with Crippen molar-refractivity contribution in [1.29, 1.82) is 0 Å². The largest absolute Gasteiger partial charge is 0.369 e. The number of benzene rings is 2. The first-order chi connectivity index (χ1) is 9.47. The number of aryl methyl sites for hydroxylation is 1. The normalized spacial score (nSPS) is 10.4. The molecule has 0 saturated heterocycles. The van der Waals surface area contributed by atoms with Crippen molar-refractivity contribution in [3.8, 4) is 0 Å². The van der Waals surface area contributed by atoms with Gasteiger partial charge >= 0.3 is 0 Å². The Hall–Kier alpha value is -1.80. The first kappa shape index (κ1) is 14.6. The standard InChI is InChI=1S/C17H18ClNO/c1-12-4-6-14(7-5-12)11-19(3)17-9-8-15(13(2)20)10-16(17)18/h4-10H,11H2,1-3H3. The van der Waals surface area contributed by atoms with E-state index in [0.717, 1.165) is 12.2 Å². The second kappa shape index (κ2) is 6.10. The molecule has 0 atom stereocenters. The van der Waals surface area contributed by atoms with Crippen molar-refractivity contribution in [2.75, 3.05) is 11.9 Å². The van der Waals surface area contributed by atoms with Crippen molar-refractivity contribution < 1.29 is 4.79 Å². The summed E-state index contributed by atoms with van der Waals surface area (Å²) in [6.07, 6.45) is 0. The molecule has 0 unspecified atom stereocenters. The lowest BCUT2D eigenvalue weighted by molar-refractivity contribution is 0.101. The van der Waals surface area contributed by atoms with Gasteiger partial charge in [-0.15, -0.1) is 0 Å². The zero-order valence-corrected chi connectivity index (χ0v) is 12.7. The Bertz CT molecular complexity index is 619. The highest BCUT2D eigenvalue weighted by Crippen LogP contribution is 2.27. The van der Waals surface area contributed by atoms with Gasteiger partial charge in [-0.05, 0) is 37.6 Å². The van der Waals surface area contributed by atoms with Crippen LogP contribution in [0.2, 0.25) is 5.02 Å². The minimum atomic E-state index is 0.0274. The smallest absolute Gasteiger partial charge is 0.159 e. The minimum absolute atomic E-state index is 0.0274. The van der Waals surface area contributed by atoms with Crippen molar-refractivity contribution in [1.82, 2.24) is 0 Å². The van der Waals surface area contributed by atoms with Gasteiger partial charge in [0.15, 0.2) is 5.78 Å².